The quantitative estimate of drug-likeness (QED) is 0.501. The van der Waals surface area contributed by atoms with Crippen LogP contribution in [0.2, 0.25) is 0 Å². The van der Waals surface area contributed by atoms with Gasteiger partial charge in [0.05, 0.1) is 7.11 Å². The lowest BCUT2D eigenvalue weighted by Crippen LogP contribution is -2.46. The van der Waals surface area contributed by atoms with Gasteiger partial charge in [0.1, 0.15) is 6.10 Å². The predicted octanol–water partition coefficient (Wildman–Crippen LogP) is -0.942. The summed E-state index contributed by atoms with van der Waals surface area (Å²) < 4.78 is 0. The van der Waals surface area contributed by atoms with Crippen molar-refractivity contribution in [1.29, 1.82) is 0 Å². The predicted molar refractivity (Wildman–Crippen MR) is 34.1 cm³/mol. The van der Waals surface area contributed by atoms with Crippen molar-refractivity contribution in [2.45, 2.75) is 18.9 Å². The topological polar surface area (TPSA) is 66.8 Å². The third kappa shape index (κ3) is 1.38. The third-order valence-electron chi connectivity index (χ3n) is 1.53. The first kappa shape index (κ1) is 8.16. The molecule has 0 spiro atoms. The van der Waals surface area contributed by atoms with E-state index in [0.717, 1.165) is 0 Å². The minimum absolute atomic E-state index is 0.154. The second-order valence-corrected chi connectivity index (χ2v) is 2.26. The standard InChI is InChI=1S/C6H9NO4/c1-11-7-5(9)3-2-4(8)6(7)10/h4,8H,2-3H2,1H3. The van der Waals surface area contributed by atoms with Gasteiger partial charge in [0, 0.05) is 6.42 Å². The summed E-state index contributed by atoms with van der Waals surface area (Å²) in [6.45, 7) is 0. The smallest absolute Gasteiger partial charge is 0.282 e. The van der Waals surface area contributed by atoms with Crippen LogP contribution in [0.25, 0.3) is 0 Å². The molecule has 11 heavy (non-hydrogen) atoms. The molecule has 1 heterocycles. The molecule has 0 saturated carbocycles. The molecule has 0 aromatic heterocycles. The van der Waals surface area contributed by atoms with E-state index >= 15 is 0 Å². The number of piperidine rings is 1. The SMILES string of the molecule is CON1C(=O)CCC(O)C1=O. The number of carbonyl (C=O) groups excluding carboxylic acids is 2. The van der Waals surface area contributed by atoms with E-state index in [4.69, 9.17) is 5.11 Å². The van der Waals surface area contributed by atoms with Gasteiger partial charge in [-0.25, -0.2) is 0 Å². The van der Waals surface area contributed by atoms with Gasteiger partial charge < -0.3 is 5.11 Å². The van der Waals surface area contributed by atoms with Crippen LogP contribution in [0.3, 0.4) is 0 Å². The summed E-state index contributed by atoms with van der Waals surface area (Å²) in [6, 6.07) is 0. The zero-order chi connectivity index (χ0) is 8.43. The Bertz CT molecular complexity index is 191. The minimum atomic E-state index is -1.09. The van der Waals surface area contributed by atoms with Gasteiger partial charge in [-0.1, -0.05) is 0 Å². The summed E-state index contributed by atoms with van der Waals surface area (Å²) in [7, 11) is 1.22. The molecule has 1 N–H and O–H groups in total. The maximum absolute atomic E-state index is 10.9. The lowest BCUT2D eigenvalue weighted by molar-refractivity contribution is -0.198. The van der Waals surface area contributed by atoms with Gasteiger partial charge in [-0.15, -0.1) is 0 Å². The number of rotatable bonds is 1. The lowest BCUT2D eigenvalue weighted by Gasteiger charge is -2.24. The number of hydroxylamine groups is 2. The summed E-state index contributed by atoms with van der Waals surface area (Å²) >= 11 is 0. The van der Waals surface area contributed by atoms with Crippen LogP contribution in [0.5, 0.6) is 0 Å². The second kappa shape index (κ2) is 2.98. The van der Waals surface area contributed by atoms with Crippen molar-refractivity contribution in [3.8, 4) is 0 Å². The average molecular weight is 159 g/mol. The maximum atomic E-state index is 10.9. The zero-order valence-corrected chi connectivity index (χ0v) is 6.11. The molecular formula is C6H9NO4. The molecule has 1 fully saturated rings. The van der Waals surface area contributed by atoms with E-state index in [1.54, 1.807) is 0 Å². The minimum Gasteiger partial charge on any atom is -0.383 e. The largest absolute Gasteiger partial charge is 0.383 e. The number of carbonyl (C=O) groups is 2. The molecular weight excluding hydrogens is 150 g/mol. The van der Waals surface area contributed by atoms with Crippen LogP contribution in [0.15, 0.2) is 0 Å². The first-order valence-electron chi connectivity index (χ1n) is 3.25. The van der Waals surface area contributed by atoms with E-state index in [1.807, 2.05) is 0 Å². The Hall–Kier alpha value is -0.940. The van der Waals surface area contributed by atoms with Crippen molar-refractivity contribution >= 4 is 11.8 Å². The fraction of sp³-hybridized carbons (Fsp3) is 0.667. The fourth-order valence-electron chi connectivity index (χ4n) is 0.935. The molecule has 1 aliphatic heterocycles. The van der Waals surface area contributed by atoms with Gasteiger partial charge in [0.25, 0.3) is 11.8 Å². The van der Waals surface area contributed by atoms with E-state index in [0.29, 0.717) is 5.06 Å². The fourth-order valence-corrected chi connectivity index (χ4v) is 0.935. The zero-order valence-electron chi connectivity index (χ0n) is 6.11. The summed E-state index contributed by atoms with van der Waals surface area (Å²) in [5, 5.41) is 9.56. The number of nitrogens with zero attached hydrogens (tertiary/aromatic N) is 1. The van der Waals surface area contributed by atoms with Crippen LogP contribution in [0.1, 0.15) is 12.8 Å². The Morgan fingerprint density at radius 1 is 1.64 bits per heavy atom. The Kier molecular flexibility index (Phi) is 2.21. The summed E-state index contributed by atoms with van der Waals surface area (Å²) in [6.07, 6.45) is -0.745. The van der Waals surface area contributed by atoms with Crippen LogP contribution in [-0.4, -0.2) is 35.2 Å². The molecule has 1 rings (SSSR count). The average Bonchev–Trinajstić information content (AvgIpc) is 1.99. The molecule has 1 unspecified atom stereocenters. The van der Waals surface area contributed by atoms with Gasteiger partial charge in [0.15, 0.2) is 0 Å². The van der Waals surface area contributed by atoms with E-state index < -0.39 is 17.9 Å². The number of amides is 2. The number of aliphatic hydroxyl groups excluding tert-OH is 1. The highest BCUT2D eigenvalue weighted by Crippen LogP contribution is 2.12. The summed E-state index contributed by atoms with van der Waals surface area (Å²) in [4.78, 5) is 26.2. The van der Waals surface area contributed by atoms with Gasteiger partial charge >= 0.3 is 0 Å². The van der Waals surface area contributed by atoms with Crippen molar-refractivity contribution in [2.24, 2.45) is 0 Å². The van der Waals surface area contributed by atoms with E-state index in [2.05, 4.69) is 4.84 Å². The normalized spacial score (nSPS) is 26.0. The highest BCUT2D eigenvalue weighted by molar-refractivity contribution is 5.98. The molecule has 5 heteroatoms. The second-order valence-electron chi connectivity index (χ2n) is 2.26. The molecule has 62 valence electrons. The molecule has 1 atom stereocenters. The number of hydrogen-bond acceptors (Lipinski definition) is 4. The van der Waals surface area contributed by atoms with Gasteiger partial charge in [-0.3, -0.25) is 14.4 Å². The van der Waals surface area contributed by atoms with E-state index in [1.165, 1.54) is 7.11 Å². The number of hydrogen-bond donors (Lipinski definition) is 1. The van der Waals surface area contributed by atoms with Crippen LogP contribution < -0.4 is 0 Å². The number of aliphatic hydroxyl groups is 1. The van der Waals surface area contributed by atoms with Crippen molar-refractivity contribution < 1.29 is 19.5 Å². The Balaban J connectivity index is 2.71. The van der Waals surface area contributed by atoms with Crippen molar-refractivity contribution in [1.82, 2.24) is 5.06 Å². The summed E-state index contributed by atoms with van der Waals surface area (Å²) in [5.41, 5.74) is 0. The highest BCUT2D eigenvalue weighted by Gasteiger charge is 2.33. The molecule has 2 amide bonds. The van der Waals surface area contributed by atoms with Crippen molar-refractivity contribution in [3.05, 3.63) is 0 Å². The first-order chi connectivity index (χ1) is 5.16. The van der Waals surface area contributed by atoms with Crippen molar-refractivity contribution in [2.75, 3.05) is 7.11 Å². The van der Waals surface area contributed by atoms with Crippen LogP contribution >= 0.6 is 0 Å². The lowest BCUT2D eigenvalue weighted by atomic mass is 10.1. The molecule has 1 saturated heterocycles. The molecule has 5 nitrogen and oxygen atoms in total. The molecule has 0 bridgehead atoms. The Morgan fingerprint density at radius 3 is 2.73 bits per heavy atom. The first-order valence-corrected chi connectivity index (χ1v) is 3.25. The third-order valence-corrected chi connectivity index (χ3v) is 1.53. The molecule has 0 aromatic carbocycles. The highest BCUT2D eigenvalue weighted by atomic mass is 16.7. The maximum Gasteiger partial charge on any atom is 0.282 e. The summed E-state index contributed by atoms with van der Waals surface area (Å²) in [5.74, 6) is -1.08. The van der Waals surface area contributed by atoms with Crippen LogP contribution in [0, 0.1) is 0 Å². The van der Waals surface area contributed by atoms with Gasteiger partial charge in [-0.2, -0.15) is 5.06 Å². The van der Waals surface area contributed by atoms with Crippen molar-refractivity contribution in [3.63, 3.8) is 0 Å². The monoisotopic (exact) mass is 159 g/mol. The molecule has 0 aliphatic carbocycles. The van der Waals surface area contributed by atoms with Crippen LogP contribution in [-0.2, 0) is 14.4 Å². The molecule has 0 aromatic rings. The van der Waals surface area contributed by atoms with Crippen LogP contribution in [0.4, 0.5) is 0 Å². The Labute approximate surface area is 63.5 Å². The Morgan fingerprint density at radius 2 is 2.27 bits per heavy atom. The van der Waals surface area contributed by atoms with E-state index in [-0.39, 0.29) is 12.8 Å². The van der Waals surface area contributed by atoms with Gasteiger partial charge in [-0.05, 0) is 6.42 Å². The number of imide groups is 1. The molecule has 0 radical (unpaired) electrons. The molecule has 1 aliphatic rings. The van der Waals surface area contributed by atoms with E-state index in [9.17, 15) is 9.59 Å². The van der Waals surface area contributed by atoms with Gasteiger partial charge in [0.2, 0.25) is 0 Å².